The molecule has 3 aliphatic carbocycles. The SMILES string of the molecule is CCC(C)(C)C(=O)CC(=O)CCC(CCC1C2C(C)=CC(C)=C[C@@]12C)C1=CCCC[C@]1(O)CO. The molecule has 1 saturated carbocycles. The van der Waals surface area contributed by atoms with Gasteiger partial charge in [0.15, 0.2) is 0 Å². The smallest absolute Gasteiger partial charge is 0.145 e. The van der Waals surface area contributed by atoms with Crippen LogP contribution in [0.1, 0.15) is 99.3 Å². The second-order valence-corrected chi connectivity index (χ2v) is 12.2. The number of ketones is 2. The molecule has 34 heavy (non-hydrogen) atoms. The van der Waals surface area contributed by atoms with E-state index in [9.17, 15) is 19.8 Å². The van der Waals surface area contributed by atoms with Gasteiger partial charge in [-0.3, -0.25) is 9.59 Å². The van der Waals surface area contributed by atoms with Crippen molar-refractivity contribution in [1.82, 2.24) is 0 Å². The normalized spacial score (nSPS) is 31.7. The summed E-state index contributed by atoms with van der Waals surface area (Å²) in [6, 6.07) is 0. The van der Waals surface area contributed by atoms with Crippen LogP contribution < -0.4 is 0 Å². The zero-order chi connectivity index (χ0) is 25.3. The van der Waals surface area contributed by atoms with Gasteiger partial charge in [-0.2, -0.15) is 0 Å². The molecule has 0 aliphatic heterocycles. The summed E-state index contributed by atoms with van der Waals surface area (Å²) in [4.78, 5) is 25.3. The number of carbonyl (C=O) groups excluding carboxylic acids is 2. The number of hydrogen-bond donors (Lipinski definition) is 2. The van der Waals surface area contributed by atoms with Gasteiger partial charge in [0.25, 0.3) is 0 Å². The summed E-state index contributed by atoms with van der Waals surface area (Å²) in [6.45, 7) is 12.3. The van der Waals surface area contributed by atoms with Gasteiger partial charge in [-0.1, -0.05) is 57.1 Å². The number of allylic oxidation sites excluding steroid dienone is 5. The summed E-state index contributed by atoms with van der Waals surface area (Å²) >= 11 is 0. The molecule has 0 saturated heterocycles. The van der Waals surface area contributed by atoms with Crippen LogP contribution in [0.4, 0.5) is 0 Å². The minimum atomic E-state index is -1.18. The highest BCUT2D eigenvalue weighted by atomic mass is 16.3. The van der Waals surface area contributed by atoms with Crippen LogP contribution in [0.2, 0.25) is 0 Å². The molecule has 0 amide bonds. The van der Waals surface area contributed by atoms with Crippen molar-refractivity contribution >= 4 is 11.6 Å². The van der Waals surface area contributed by atoms with Crippen molar-refractivity contribution in [1.29, 1.82) is 0 Å². The van der Waals surface area contributed by atoms with Gasteiger partial charge >= 0.3 is 0 Å². The number of rotatable bonds is 12. The Hall–Kier alpha value is -1.52. The van der Waals surface area contributed by atoms with Crippen molar-refractivity contribution < 1.29 is 19.8 Å². The number of fused-ring (bicyclic) bond motifs is 1. The van der Waals surface area contributed by atoms with E-state index in [0.29, 0.717) is 31.1 Å². The number of hydrogen-bond acceptors (Lipinski definition) is 4. The molecule has 5 atom stereocenters. The molecular formula is C30H46O4. The van der Waals surface area contributed by atoms with E-state index in [-0.39, 0.29) is 35.9 Å². The molecule has 0 aromatic carbocycles. The monoisotopic (exact) mass is 470 g/mol. The Bertz CT molecular complexity index is 891. The van der Waals surface area contributed by atoms with Gasteiger partial charge in [0.05, 0.1) is 13.0 Å². The second kappa shape index (κ2) is 10.2. The minimum Gasteiger partial charge on any atom is -0.393 e. The largest absolute Gasteiger partial charge is 0.393 e. The summed E-state index contributed by atoms with van der Waals surface area (Å²) in [6.07, 6.45) is 12.8. The molecule has 0 aromatic rings. The fourth-order valence-corrected chi connectivity index (χ4v) is 6.67. The zero-order valence-corrected chi connectivity index (χ0v) is 22.2. The molecular weight excluding hydrogens is 424 g/mol. The number of aliphatic hydroxyl groups is 2. The lowest BCUT2D eigenvalue weighted by Gasteiger charge is -2.37. The maximum atomic E-state index is 12.8. The van der Waals surface area contributed by atoms with Crippen LogP contribution in [0.15, 0.2) is 34.9 Å². The molecule has 0 heterocycles. The van der Waals surface area contributed by atoms with Gasteiger partial charge in [-0.25, -0.2) is 0 Å². The topological polar surface area (TPSA) is 74.6 Å². The number of aliphatic hydroxyl groups excluding tert-OH is 1. The first-order valence-electron chi connectivity index (χ1n) is 13.3. The highest BCUT2D eigenvalue weighted by Crippen LogP contribution is 2.67. The first kappa shape index (κ1) is 27.1. The van der Waals surface area contributed by atoms with E-state index in [2.05, 4.69) is 39.0 Å². The van der Waals surface area contributed by atoms with Crippen LogP contribution in [0, 0.1) is 28.6 Å². The van der Waals surface area contributed by atoms with Crippen molar-refractivity contribution in [2.75, 3.05) is 6.61 Å². The summed E-state index contributed by atoms with van der Waals surface area (Å²) in [5.74, 6) is 1.23. The Morgan fingerprint density at radius 1 is 1.24 bits per heavy atom. The van der Waals surface area contributed by atoms with Gasteiger partial charge < -0.3 is 10.2 Å². The second-order valence-electron chi connectivity index (χ2n) is 12.2. The lowest BCUT2D eigenvalue weighted by atomic mass is 9.73. The average molecular weight is 471 g/mol. The van der Waals surface area contributed by atoms with E-state index < -0.39 is 11.0 Å². The fourth-order valence-electron chi connectivity index (χ4n) is 6.67. The van der Waals surface area contributed by atoms with E-state index in [4.69, 9.17) is 0 Å². The summed E-state index contributed by atoms with van der Waals surface area (Å²) in [7, 11) is 0. The van der Waals surface area contributed by atoms with Crippen LogP contribution in [-0.2, 0) is 9.59 Å². The van der Waals surface area contributed by atoms with Gasteiger partial charge in [-0.05, 0) is 87.5 Å². The quantitative estimate of drug-likeness (QED) is 0.266. The van der Waals surface area contributed by atoms with E-state index in [0.717, 1.165) is 37.7 Å². The summed E-state index contributed by atoms with van der Waals surface area (Å²) in [5.41, 5.74) is 2.29. The first-order valence-corrected chi connectivity index (χ1v) is 13.3. The van der Waals surface area contributed by atoms with Crippen molar-refractivity contribution in [3.05, 3.63) is 34.9 Å². The highest BCUT2D eigenvalue weighted by molar-refractivity contribution is 6.01. The van der Waals surface area contributed by atoms with Crippen LogP contribution in [-0.4, -0.2) is 34.0 Å². The Kier molecular flexibility index (Phi) is 8.14. The van der Waals surface area contributed by atoms with Crippen LogP contribution in [0.25, 0.3) is 0 Å². The molecule has 4 nitrogen and oxygen atoms in total. The van der Waals surface area contributed by atoms with Gasteiger partial charge in [0, 0.05) is 11.8 Å². The zero-order valence-electron chi connectivity index (χ0n) is 22.2. The van der Waals surface area contributed by atoms with E-state index in [1.165, 1.54) is 11.1 Å². The van der Waals surface area contributed by atoms with Crippen LogP contribution in [0.5, 0.6) is 0 Å². The van der Waals surface area contributed by atoms with E-state index in [1.807, 2.05) is 20.8 Å². The van der Waals surface area contributed by atoms with Crippen molar-refractivity contribution in [3.63, 3.8) is 0 Å². The third-order valence-electron chi connectivity index (χ3n) is 9.24. The standard InChI is InChI=1S/C30H46O4/c1-7-28(4,5)26(33)17-23(32)13-11-22(24-10-8-9-15-30(24,34)19-31)12-14-25-27-21(3)16-20(2)18-29(25,27)6/h10,16,18,22,25,27,31,34H,7-9,11-15,17,19H2,1-6H3/t22?,25?,27?,29-,30-/m0/s1. The number of Topliss-reactive ketones (excluding diaryl/α,β-unsaturated/α-hetero) is 2. The highest BCUT2D eigenvalue weighted by Gasteiger charge is 2.60. The molecule has 0 spiro atoms. The summed E-state index contributed by atoms with van der Waals surface area (Å²) < 4.78 is 0. The predicted octanol–water partition coefficient (Wildman–Crippen LogP) is 6.12. The Balaban J connectivity index is 1.70. The van der Waals surface area contributed by atoms with Crippen molar-refractivity contribution in [2.45, 2.75) is 105 Å². The van der Waals surface area contributed by atoms with E-state index in [1.54, 1.807) is 0 Å². The molecule has 3 unspecified atom stereocenters. The Morgan fingerprint density at radius 3 is 2.59 bits per heavy atom. The molecule has 190 valence electrons. The van der Waals surface area contributed by atoms with Gasteiger partial charge in [0.1, 0.15) is 17.2 Å². The fraction of sp³-hybridized carbons (Fsp3) is 0.733. The Labute approximate surface area is 206 Å². The van der Waals surface area contributed by atoms with Crippen LogP contribution >= 0.6 is 0 Å². The molecule has 0 aromatic heterocycles. The third-order valence-corrected chi connectivity index (χ3v) is 9.24. The van der Waals surface area contributed by atoms with Crippen LogP contribution in [0.3, 0.4) is 0 Å². The molecule has 0 bridgehead atoms. The third kappa shape index (κ3) is 5.49. The molecule has 2 N–H and O–H groups in total. The average Bonchev–Trinajstić information content (AvgIpc) is 3.38. The lowest BCUT2D eigenvalue weighted by molar-refractivity contribution is -0.132. The van der Waals surface area contributed by atoms with Crippen molar-refractivity contribution in [3.8, 4) is 0 Å². The molecule has 3 aliphatic rings. The van der Waals surface area contributed by atoms with Gasteiger partial charge in [0.2, 0.25) is 0 Å². The summed E-state index contributed by atoms with van der Waals surface area (Å²) in [5, 5.41) is 21.2. The number of carbonyl (C=O) groups is 2. The predicted molar refractivity (Wildman–Crippen MR) is 137 cm³/mol. The van der Waals surface area contributed by atoms with Gasteiger partial charge in [-0.15, -0.1) is 0 Å². The minimum absolute atomic E-state index is 0.00624. The molecule has 4 heteroatoms. The maximum absolute atomic E-state index is 12.8. The lowest BCUT2D eigenvalue weighted by Crippen LogP contribution is -2.40. The maximum Gasteiger partial charge on any atom is 0.145 e. The molecule has 0 radical (unpaired) electrons. The molecule has 1 fully saturated rings. The Morgan fingerprint density at radius 2 is 1.94 bits per heavy atom. The van der Waals surface area contributed by atoms with Crippen molar-refractivity contribution in [2.24, 2.45) is 28.6 Å². The molecule has 3 rings (SSSR count). The van der Waals surface area contributed by atoms with E-state index >= 15 is 0 Å². The first-order chi connectivity index (χ1) is 15.9.